The molecular weight excluding hydrogens is 176 g/mol. The maximum absolute atomic E-state index is 11.3. The Labute approximate surface area is 85.0 Å². The summed E-state index contributed by atoms with van der Waals surface area (Å²) >= 11 is 0. The minimum atomic E-state index is 0.126. The number of pyridine rings is 1. The highest BCUT2D eigenvalue weighted by molar-refractivity contribution is 5.08. The van der Waals surface area contributed by atoms with Gasteiger partial charge >= 0.3 is 0 Å². The van der Waals surface area contributed by atoms with E-state index in [0.29, 0.717) is 0 Å². The van der Waals surface area contributed by atoms with Crippen LogP contribution < -0.4 is 5.56 Å². The van der Waals surface area contributed by atoms with E-state index in [1.54, 1.807) is 6.07 Å². The summed E-state index contributed by atoms with van der Waals surface area (Å²) < 4.78 is 1.85. The summed E-state index contributed by atoms with van der Waals surface area (Å²) in [5, 5.41) is 0. The molecule has 1 aromatic heterocycles. The van der Waals surface area contributed by atoms with E-state index in [9.17, 15) is 4.79 Å². The summed E-state index contributed by atoms with van der Waals surface area (Å²) in [6.07, 6.45) is 0. The molecule has 1 aliphatic heterocycles. The number of likely N-dealkylation sites (N-methyl/N-ethyl adjacent to an activating group) is 1. The Kier molecular flexibility index (Phi) is 3.89. The lowest BCUT2D eigenvalue weighted by atomic mass is 10.2. The Balaban J connectivity index is 0.000000461. The van der Waals surface area contributed by atoms with Crippen LogP contribution in [0, 0.1) is 0 Å². The van der Waals surface area contributed by atoms with E-state index in [2.05, 4.69) is 11.9 Å². The molecule has 0 atom stereocenters. The van der Waals surface area contributed by atoms with Crippen LogP contribution in [-0.2, 0) is 13.1 Å². The SMILES string of the molecule is CC.CN1CCn2c(cccc2=O)C1. The standard InChI is InChI=1S/C9H12N2O.C2H6/c1-10-5-6-11-8(7-10)3-2-4-9(11)12;1-2/h2-4H,5-7H2,1H3;1-2H3. The second-order valence-electron chi connectivity index (χ2n) is 3.24. The summed E-state index contributed by atoms with van der Waals surface area (Å²) in [5.41, 5.74) is 1.25. The Morgan fingerprint density at radius 1 is 1.21 bits per heavy atom. The van der Waals surface area contributed by atoms with E-state index in [1.165, 1.54) is 0 Å². The molecule has 2 heterocycles. The van der Waals surface area contributed by atoms with Gasteiger partial charge in [-0.15, -0.1) is 0 Å². The minimum absolute atomic E-state index is 0.126. The van der Waals surface area contributed by atoms with E-state index < -0.39 is 0 Å². The van der Waals surface area contributed by atoms with Gasteiger partial charge < -0.3 is 4.57 Å². The van der Waals surface area contributed by atoms with Gasteiger partial charge in [-0.25, -0.2) is 0 Å². The number of fused-ring (bicyclic) bond motifs is 1. The van der Waals surface area contributed by atoms with Crippen LogP contribution in [0.2, 0.25) is 0 Å². The van der Waals surface area contributed by atoms with Crippen LogP contribution in [-0.4, -0.2) is 23.1 Å². The van der Waals surface area contributed by atoms with Crippen LogP contribution >= 0.6 is 0 Å². The second-order valence-corrected chi connectivity index (χ2v) is 3.24. The molecule has 0 fully saturated rings. The highest BCUT2D eigenvalue weighted by Gasteiger charge is 2.11. The van der Waals surface area contributed by atoms with Gasteiger partial charge in [-0.1, -0.05) is 19.9 Å². The Hall–Kier alpha value is -1.09. The number of aromatic nitrogens is 1. The average molecular weight is 194 g/mol. The van der Waals surface area contributed by atoms with Crippen molar-refractivity contribution in [2.45, 2.75) is 26.9 Å². The zero-order valence-corrected chi connectivity index (χ0v) is 9.16. The van der Waals surface area contributed by atoms with Crippen molar-refractivity contribution in [3.05, 3.63) is 34.2 Å². The molecule has 0 aromatic carbocycles. The molecule has 1 aliphatic rings. The second kappa shape index (κ2) is 4.96. The quantitative estimate of drug-likeness (QED) is 0.622. The molecule has 3 heteroatoms. The van der Waals surface area contributed by atoms with Gasteiger partial charge in [-0.2, -0.15) is 0 Å². The van der Waals surface area contributed by atoms with Gasteiger partial charge in [0.05, 0.1) is 0 Å². The zero-order valence-electron chi connectivity index (χ0n) is 9.16. The van der Waals surface area contributed by atoms with E-state index in [0.717, 1.165) is 25.3 Å². The molecule has 2 rings (SSSR count). The van der Waals surface area contributed by atoms with E-state index >= 15 is 0 Å². The van der Waals surface area contributed by atoms with Crippen LogP contribution in [0.15, 0.2) is 23.0 Å². The number of nitrogens with zero attached hydrogens (tertiary/aromatic N) is 2. The van der Waals surface area contributed by atoms with Crippen molar-refractivity contribution in [1.82, 2.24) is 9.47 Å². The molecule has 1 aromatic rings. The lowest BCUT2D eigenvalue weighted by molar-refractivity contribution is 0.264. The van der Waals surface area contributed by atoms with Crippen LogP contribution in [0.4, 0.5) is 0 Å². The predicted octanol–water partition coefficient (Wildman–Crippen LogP) is 1.32. The smallest absolute Gasteiger partial charge is 0.250 e. The molecule has 0 N–H and O–H groups in total. The number of rotatable bonds is 0. The molecule has 0 spiro atoms. The van der Waals surface area contributed by atoms with Crippen molar-refractivity contribution in [2.75, 3.05) is 13.6 Å². The molecule has 0 saturated heterocycles. The van der Waals surface area contributed by atoms with E-state index in [4.69, 9.17) is 0 Å². The highest BCUT2D eigenvalue weighted by Crippen LogP contribution is 2.06. The molecule has 14 heavy (non-hydrogen) atoms. The minimum Gasteiger partial charge on any atom is -0.310 e. The van der Waals surface area contributed by atoms with Gasteiger partial charge in [0, 0.05) is 31.4 Å². The molecule has 0 bridgehead atoms. The first-order chi connectivity index (χ1) is 6.77. The van der Waals surface area contributed by atoms with E-state index in [1.807, 2.05) is 30.5 Å². The molecule has 0 unspecified atom stereocenters. The maximum Gasteiger partial charge on any atom is 0.250 e. The lowest BCUT2D eigenvalue weighted by Crippen LogP contribution is -2.36. The fraction of sp³-hybridized carbons (Fsp3) is 0.545. The van der Waals surface area contributed by atoms with Crippen molar-refractivity contribution < 1.29 is 0 Å². The number of hydrogen-bond donors (Lipinski definition) is 0. The summed E-state index contributed by atoms with van der Waals surface area (Å²) in [5.74, 6) is 0. The third kappa shape index (κ3) is 2.23. The zero-order chi connectivity index (χ0) is 10.6. The van der Waals surface area contributed by atoms with Crippen molar-refractivity contribution >= 4 is 0 Å². The van der Waals surface area contributed by atoms with Crippen LogP contribution in [0.25, 0.3) is 0 Å². The van der Waals surface area contributed by atoms with Crippen LogP contribution in [0.3, 0.4) is 0 Å². The molecular formula is C11H18N2O. The van der Waals surface area contributed by atoms with Crippen LogP contribution in [0.1, 0.15) is 19.5 Å². The third-order valence-electron chi connectivity index (χ3n) is 2.28. The first-order valence-electron chi connectivity index (χ1n) is 5.14. The van der Waals surface area contributed by atoms with Gasteiger partial charge in [-0.3, -0.25) is 9.69 Å². The Bertz CT molecular complexity index is 343. The summed E-state index contributed by atoms with van der Waals surface area (Å²) in [7, 11) is 2.07. The first kappa shape index (κ1) is 11.0. The largest absolute Gasteiger partial charge is 0.310 e. The van der Waals surface area contributed by atoms with Gasteiger partial charge in [0.25, 0.3) is 5.56 Å². The summed E-state index contributed by atoms with van der Waals surface area (Å²) in [4.78, 5) is 13.5. The molecule has 0 radical (unpaired) electrons. The predicted molar refractivity (Wildman–Crippen MR) is 58.4 cm³/mol. The average Bonchev–Trinajstić information content (AvgIpc) is 2.21. The summed E-state index contributed by atoms with van der Waals surface area (Å²) in [6.45, 7) is 6.68. The van der Waals surface area contributed by atoms with Gasteiger partial charge in [0.2, 0.25) is 0 Å². The Morgan fingerprint density at radius 2 is 1.93 bits per heavy atom. The van der Waals surface area contributed by atoms with Crippen molar-refractivity contribution in [3.8, 4) is 0 Å². The molecule has 78 valence electrons. The van der Waals surface area contributed by atoms with Crippen LogP contribution in [0.5, 0.6) is 0 Å². The fourth-order valence-corrected chi connectivity index (χ4v) is 1.58. The lowest BCUT2D eigenvalue weighted by Gasteiger charge is -2.25. The van der Waals surface area contributed by atoms with E-state index in [-0.39, 0.29) is 5.56 Å². The van der Waals surface area contributed by atoms with Gasteiger partial charge in [0.15, 0.2) is 0 Å². The normalized spacial score (nSPS) is 15.4. The topological polar surface area (TPSA) is 25.2 Å². The first-order valence-corrected chi connectivity index (χ1v) is 5.14. The van der Waals surface area contributed by atoms with Crippen molar-refractivity contribution in [3.63, 3.8) is 0 Å². The van der Waals surface area contributed by atoms with Gasteiger partial charge in [-0.05, 0) is 13.1 Å². The fourth-order valence-electron chi connectivity index (χ4n) is 1.58. The van der Waals surface area contributed by atoms with Crippen molar-refractivity contribution in [1.29, 1.82) is 0 Å². The number of hydrogen-bond acceptors (Lipinski definition) is 2. The maximum atomic E-state index is 11.3. The molecule has 0 saturated carbocycles. The molecule has 0 amide bonds. The molecule has 0 aliphatic carbocycles. The third-order valence-corrected chi connectivity index (χ3v) is 2.28. The molecule has 3 nitrogen and oxygen atoms in total. The summed E-state index contributed by atoms with van der Waals surface area (Å²) in [6, 6.07) is 5.46. The highest BCUT2D eigenvalue weighted by atomic mass is 16.1. The Morgan fingerprint density at radius 3 is 2.64 bits per heavy atom. The van der Waals surface area contributed by atoms with Gasteiger partial charge in [0.1, 0.15) is 0 Å². The van der Waals surface area contributed by atoms with Crippen molar-refractivity contribution in [2.24, 2.45) is 0 Å². The monoisotopic (exact) mass is 194 g/mol.